The lowest BCUT2D eigenvalue weighted by molar-refractivity contribution is -0.384. The van der Waals surface area contributed by atoms with Crippen LogP contribution in [0.1, 0.15) is 46.4 Å². The van der Waals surface area contributed by atoms with Crippen LogP contribution in [0, 0.1) is 10.1 Å². The molecule has 2 atom stereocenters. The van der Waals surface area contributed by atoms with Gasteiger partial charge >= 0.3 is 0 Å². The average molecular weight is 428 g/mol. The molecule has 1 aliphatic rings. The summed E-state index contributed by atoms with van der Waals surface area (Å²) in [6.45, 7) is 0. The Morgan fingerprint density at radius 2 is 1.19 bits per heavy atom. The van der Waals surface area contributed by atoms with Gasteiger partial charge in [0, 0.05) is 53.9 Å². The highest BCUT2D eigenvalue weighted by molar-refractivity contribution is 5.97. The monoisotopic (exact) mass is 428 g/mol. The van der Waals surface area contributed by atoms with Crippen molar-refractivity contribution in [2.24, 2.45) is 0 Å². The zero-order valence-corrected chi connectivity index (χ0v) is 17.6. The van der Waals surface area contributed by atoms with Crippen molar-refractivity contribution in [1.29, 1.82) is 0 Å². The van der Waals surface area contributed by atoms with Crippen LogP contribution in [0.4, 0.5) is 11.4 Å². The maximum Gasteiger partial charge on any atom is 0.269 e. The summed E-state index contributed by atoms with van der Waals surface area (Å²) < 4.78 is 0. The lowest BCUT2D eigenvalue weighted by Gasteiger charge is -2.32. The number of benzene rings is 3. The number of Topliss-reactive ketones (excluding diaryl/α,β-unsaturated/α-hetero) is 2. The van der Waals surface area contributed by atoms with Gasteiger partial charge in [0.2, 0.25) is 0 Å². The quantitative estimate of drug-likeness (QED) is 0.270. The number of hydrogen-bond donors (Lipinski definition) is 0. The number of carbonyl (C=O) groups is 2. The number of ketones is 2. The van der Waals surface area contributed by atoms with Gasteiger partial charge < -0.3 is 4.90 Å². The van der Waals surface area contributed by atoms with E-state index < -0.39 is 4.92 Å². The van der Waals surface area contributed by atoms with Gasteiger partial charge in [-0.1, -0.05) is 60.7 Å². The molecule has 0 spiro atoms. The van der Waals surface area contributed by atoms with Crippen LogP contribution in [0.25, 0.3) is 0 Å². The minimum Gasteiger partial charge on any atom is -0.365 e. The molecule has 0 radical (unpaired) electrons. The summed E-state index contributed by atoms with van der Waals surface area (Å²) >= 11 is 0. The molecule has 0 aliphatic carbocycles. The topological polar surface area (TPSA) is 80.5 Å². The summed E-state index contributed by atoms with van der Waals surface area (Å²) in [4.78, 5) is 38.5. The lowest BCUT2D eigenvalue weighted by atomic mass is 10.0. The Hall–Kier alpha value is -3.80. The zero-order valence-electron chi connectivity index (χ0n) is 17.6. The van der Waals surface area contributed by atoms with Gasteiger partial charge in [-0.15, -0.1) is 0 Å². The zero-order chi connectivity index (χ0) is 22.5. The first-order chi connectivity index (χ1) is 15.5. The van der Waals surface area contributed by atoms with E-state index in [-0.39, 0.29) is 29.3 Å². The first kappa shape index (κ1) is 21.4. The Labute approximate surface area is 186 Å². The summed E-state index contributed by atoms with van der Waals surface area (Å²) in [5.74, 6) is 0.107. The highest BCUT2D eigenvalue weighted by Gasteiger charge is 2.36. The first-order valence-corrected chi connectivity index (χ1v) is 10.7. The van der Waals surface area contributed by atoms with Crippen molar-refractivity contribution in [3.63, 3.8) is 0 Å². The SMILES string of the molecule is O=C(C[C@H]1CC[C@H](CC(=O)c2ccccc2)N1c1ccc([N+](=O)[O-])cc1)c1ccccc1. The third kappa shape index (κ3) is 4.75. The molecule has 4 rings (SSSR count). The number of nitrogens with zero attached hydrogens (tertiary/aromatic N) is 2. The predicted octanol–water partition coefficient (Wildman–Crippen LogP) is 5.48. The summed E-state index contributed by atoms with van der Waals surface area (Å²) in [5, 5.41) is 11.1. The maximum atomic E-state index is 12.9. The van der Waals surface area contributed by atoms with Crippen LogP contribution in [0.2, 0.25) is 0 Å². The molecule has 0 unspecified atom stereocenters. The lowest BCUT2D eigenvalue weighted by Crippen LogP contribution is -2.38. The number of nitro groups is 1. The van der Waals surface area contributed by atoms with E-state index in [0.29, 0.717) is 24.0 Å². The van der Waals surface area contributed by atoms with Crippen LogP contribution in [-0.2, 0) is 0 Å². The molecule has 0 bridgehead atoms. The Balaban J connectivity index is 1.58. The highest BCUT2D eigenvalue weighted by atomic mass is 16.6. The van der Waals surface area contributed by atoms with E-state index in [2.05, 4.69) is 4.90 Å². The van der Waals surface area contributed by atoms with E-state index in [4.69, 9.17) is 0 Å². The summed E-state index contributed by atoms with van der Waals surface area (Å²) in [6.07, 6.45) is 2.22. The minimum absolute atomic E-state index is 0.0155. The van der Waals surface area contributed by atoms with Gasteiger partial charge in [-0.25, -0.2) is 0 Å². The van der Waals surface area contributed by atoms with Crippen molar-refractivity contribution in [2.75, 3.05) is 4.90 Å². The smallest absolute Gasteiger partial charge is 0.269 e. The van der Waals surface area contributed by atoms with Crippen molar-refractivity contribution in [3.05, 3.63) is 106 Å². The maximum absolute atomic E-state index is 12.9. The number of hydrogen-bond acceptors (Lipinski definition) is 5. The van der Waals surface area contributed by atoms with Gasteiger partial charge in [-0.2, -0.15) is 0 Å². The molecule has 1 aliphatic heterocycles. The molecule has 3 aromatic rings. The predicted molar refractivity (Wildman–Crippen MR) is 123 cm³/mol. The third-order valence-electron chi connectivity index (χ3n) is 6.01. The second-order valence-electron chi connectivity index (χ2n) is 8.05. The van der Waals surface area contributed by atoms with E-state index >= 15 is 0 Å². The van der Waals surface area contributed by atoms with Gasteiger partial charge in [0.15, 0.2) is 11.6 Å². The second kappa shape index (κ2) is 9.56. The van der Waals surface area contributed by atoms with Crippen LogP contribution in [0.5, 0.6) is 0 Å². The van der Waals surface area contributed by atoms with Crippen molar-refractivity contribution in [1.82, 2.24) is 0 Å². The minimum atomic E-state index is -0.430. The number of nitro benzene ring substituents is 1. The van der Waals surface area contributed by atoms with E-state index in [1.807, 2.05) is 60.7 Å². The number of anilines is 1. The molecule has 1 saturated heterocycles. The molecule has 3 aromatic carbocycles. The Kier molecular flexibility index (Phi) is 6.40. The molecular weight excluding hydrogens is 404 g/mol. The van der Waals surface area contributed by atoms with Gasteiger partial charge in [-0.3, -0.25) is 19.7 Å². The van der Waals surface area contributed by atoms with Gasteiger partial charge in [-0.05, 0) is 25.0 Å². The van der Waals surface area contributed by atoms with E-state index in [1.165, 1.54) is 12.1 Å². The molecule has 6 nitrogen and oxygen atoms in total. The number of carbonyl (C=O) groups excluding carboxylic acids is 2. The van der Waals surface area contributed by atoms with Crippen LogP contribution in [0.3, 0.4) is 0 Å². The fourth-order valence-electron chi connectivity index (χ4n) is 4.44. The van der Waals surface area contributed by atoms with Crippen molar-refractivity contribution in [2.45, 2.75) is 37.8 Å². The largest absolute Gasteiger partial charge is 0.365 e. The van der Waals surface area contributed by atoms with Crippen LogP contribution >= 0.6 is 0 Å². The van der Waals surface area contributed by atoms with E-state index in [9.17, 15) is 19.7 Å². The fraction of sp³-hybridized carbons (Fsp3) is 0.231. The molecular formula is C26H24N2O4. The number of rotatable bonds is 8. The molecule has 162 valence electrons. The van der Waals surface area contributed by atoms with Crippen LogP contribution in [0.15, 0.2) is 84.9 Å². The normalized spacial score (nSPS) is 17.8. The number of non-ortho nitro benzene ring substituents is 1. The summed E-state index contributed by atoms with van der Waals surface area (Å²) in [6, 6.07) is 24.6. The molecule has 32 heavy (non-hydrogen) atoms. The van der Waals surface area contributed by atoms with Crippen LogP contribution < -0.4 is 4.90 Å². The van der Waals surface area contributed by atoms with Gasteiger partial charge in [0.25, 0.3) is 5.69 Å². The molecule has 1 fully saturated rings. The molecule has 6 heteroatoms. The first-order valence-electron chi connectivity index (χ1n) is 10.7. The summed E-state index contributed by atoms with van der Waals surface area (Å²) in [5.41, 5.74) is 2.14. The summed E-state index contributed by atoms with van der Waals surface area (Å²) in [7, 11) is 0. The van der Waals surface area contributed by atoms with Gasteiger partial charge in [0.05, 0.1) is 4.92 Å². The molecule has 0 aromatic heterocycles. The Morgan fingerprint density at radius 1 is 0.750 bits per heavy atom. The van der Waals surface area contributed by atoms with Crippen molar-refractivity contribution in [3.8, 4) is 0 Å². The molecule has 1 heterocycles. The second-order valence-corrected chi connectivity index (χ2v) is 8.05. The van der Waals surface area contributed by atoms with Gasteiger partial charge in [0.1, 0.15) is 0 Å². The van der Waals surface area contributed by atoms with Crippen molar-refractivity contribution < 1.29 is 14.5 Å². The van der Waals surface area contributed by atoms with E-state index in [0.717, 1.165) is 18.5 Å². The standard InChI is InChI=1S/C26H24N2O4/c29-25(19-7-3-1-4-8-19)17-23-15-16-24(18-26(30)20-9-5-2-6-10-20)27(23)21-11-13-22(14-12-21)28(31)32/h1-14,23-24H,15-18H2/t23-,24-/m1/s1. The van der Waals surface area contributed by atoms with Crippen LogP contribution in [-0.4, -0.2) is 28.6 Å². The van der Waals surface area contributed by atoms with Crippen molar-refractivity contribution >= 4 is 22.9 Å². The molecule has 0 N–H and O–H groups in total. The Bertz CT molecular complexity index is 1040. The fourth-order valence-corrected chi connectivity index (χ4v) is 4.44. The molecule has 0 saturated carbocycles. The van der Waals surface area contributed by atoms with E-state index in [1.54, 1.807) is 12.1 Å². The molecule has 0 amide bonds. The average Bonchev–Trinajstić information content (AvgIpc) is 3.21. The third-order valence-corrected chi connectivity index (χ3v) is 6.01. The Morgan fingerprint density at radius 3 is 1.59 bits per heavy atom. The highest BCUT2D eigenvalue weighted by Crippen LogP contribution is 2.35.